The molecule has 0 aromatic rings. The van der Waals surface area contributed by atoms with E-state index in [4.69, 9.17) is 13.7 Å². The van der Waals surface area contributed by atoms with E-state index in [1.807, 2.05) is 0 Å². The molecule has 0 saturated carbocycles. The third-order valence-corrected chi connectivity index (χ3v) is 3.42. The van der Waals surface area contributed by atoms with Gasteiger partial charge in [-0.2, -0.15) is 8.42 Å². The van der Waals surface area contributed by atoms with Crippen molar-refractivity contribution in [2.24, 2.45) is 0 Å². The average molecular weight is 314 g/mol. The van der Waals surface area contributed by atoms with E-state index >= 15 is 0 Å². The maximum atomic E-state index is 9.31. The first-order valence-electron chi connectivity index (χ1n) is 2.05. The van der Waals surface area contributed by atoms with Crippen LogP contribution in [0.3, 0.4) is 0 Å². The molecule has 10 nitrogen and oxygen atoms in total. The van der Waals surface area contributed by atoms with Crippen molar-refractivity contribution in [3.63, 3.8) is 0 Å². The van der Waals surface area contributed by atoms with Gasteiger partial charge < -0.3 is 4.55 Å². The predicted molar refractivity (Wildman–Crippen MR) is 42.8 cm³/mol. The van der Waals surface area contributed by atoms with E-state index in [9.17, 15) is 29.8 Å². The molecule has 0 heterocycles. The SMILES string of the molecule is O=S(=O)([O-])S(=O)(=O)O.O=S(O)S(=O)O.[Na+]. The third kappa shape index (κ3) is 13.0. The van der Waals surface area contributed by atoms with E-state index in [0.717, 1.165) is 0 Å². The van der Waals surface area contributed by atoms with Crippen LogP contribution in [0.25, 0.3) is 0 Å². The van der Waals surface area contributed by atoms with Crippen LogP contribution < -0.4 is 29.6 Å². The molecule has 0 spiro atoms. The molecule has 15 heavy (non-hydrogen) atoms. The molecule has 0 aromatic heterocycles. The fourth-order valence-corrected chi connectivity index (χ4v) is 0. The molecule has 0 fully saturated rings. The summed E-state index contributed by atoms with van der Waals surface area (Å²) in [6.45, 7) is 0. The van der Waals surface area contributed by atoms with Crippen LogP contribution in [0.1, 0.15) is 0 Å². The topological polar surface area (TPSA) is 186 Å². The van der Waals surface area contributed by atoms with Crippen molar-refractivity contribution in [3.05, 3.63) is 0 Å². The zero-order chi connectivity index (χ0) is 12.2. The minimum Gasteiger partial charge on any atom is -0.734 e. The first-order valence-corrected chi connectivity index (χ1v) is 8.14. The summed E-state index contributed by atoms with van der Waals surface area (Å²) >= 11 is 0. The van der Waals surface area contributed by atoms with Crippen molar-refractivity contribution in [2.45, 2.75) is 0 Å². The van der Waals surface area contributed by atoms with Gasteiger partial charge in [0.2, 0.25) is 9.15 Å². The fourth-order valence-electron chi connectivity index (χ4n) is 0. The smallest absolute Gasteiger partial charge is 0.734 e. The van der Waals surface area contributed by atoms with Crippen LogP contribution in [0.4, 0.5) is 0 Å². The second-order valence-corrected chi connectivity index (χ2v) is 8.01. The van der Waals surface area contributed by atoms with Crippen LogP contribution in [0.5, 0.6) is 0 Å². The summed E-state index contributed by atoms with van der Waals surface area (Å²) in [6.07, 6.45) is 0. The van der Waals surface area contributed by atoms with Gasteiger partial charge >= 0.3 is 38.7 Å². The summed E-state index contributed by atoms with van der Waals surface area (Å²) in [6, 6.07) is 0. The van der Waals surface area contributed by atoms with Crippen LogP contribution in [0.15, 0.2) is 0 Å². The number of rotatable bonds is 2. The molecular formula is H3NaO10S4. The Morgan fingerprint density at radius 3 is 1.07 bits per heavy atom. The molecule has 2 unspecified atom stereocenters. The molecule has 0 aliphatic rings. The standard InChI is InChI=1S/Na.H2O6S2.H2O4S2/c;1-7(2,3)8(4,5)6;1-5(2)6(3)4/h;(H,1,2,3)(H,4,5,6);(H,1,2)(H,3,4)/q+1;;/p-1. The first kappa shape index (κ1) is 21.3. The van der Waals surface area contributed by atoms with E-state index < -0.39 is 38.5 Å². The van der Waals surface area contributed by atoms with Crippen molar-refractivity contribution < 1.29 is 73.0 Å². The Morgan fingerprint density at radius 1 is 0.933 bits per heavy atom. The molecule has 0 aromatic carbocycles. The summed E-state index contributed by atoms with van der Waals surface area (Å²) in [4.78, 5) is 0. The predicted octanol–water partition coefficient (Wildman–Crippen LogP) is -5.32. The van der Waals surface area contributed by atoms with Gasteiger partial charge in [0.15, 0.2) is 0 Å². The van der Waals surface area contributed by atoms with Crippen LogP contribution in [-0.4, -0.2) is 43.5 Å². The Bertz CT molecular complexity index is 368. The molecule has 0 bridgehead atoms. The molecule has 0 rings (SSSR count). The zero-order valence-electron chi connectivity index (χ0n) is 6.83. The fraction of sp³-hybridized carbons (Fsp3) is 0. The second kappa shape index (κ2) is 8.18. The van der Waals surface area contributed by atoms with Gasteiger partial charge in [0.25, 0.3) is 20.2 Å². The van der Waals surface area contributed by atoms with Crippen molar-refractivity contribution in [3.8, 4) is 0 Å². The number of hydrogen-bond donors (Lipinski definition) is 3. The van der Waals surface area contributed by atoms with Gasteiger partial charge in [0.1, 0.15) is 0 Å². The largest absolute Gasteiger partial charge is 1.00 e. The van der Waals surface area contributed by atoms with E-state index in [1.165, 1.54) is 0 Å². The first-order chi connectivity index (χ1) is 5.89. The summed E-state index contributed by atoms with van der Waals surface area (Å²) in [7, 11) is -16.2. The van der Waals surface area contributed by atoms with Crippen LogP contribution in [0, 0.1) is 0 Å². The summed E-state index contributed by atoms with van der Waals surface area (Å²) < 4.78 is 87.4. The quantitative estimate of drug-likeness (QED) is 0.192. The maximum Gasteiger partial charge on any atom is 1.00 e. The molecule has 88 valence electrons. The van der Waals surface area contributed by atoms with Gasteiger partial charge in [0, 0.05) is 0 Å². The van der Waals surface area contributed by atoms with Crippen molar-refractivity contribution in [1.82, 2.24) is 0 Å². The third-order valence-electron chi connectivity index (χ3n) is 0.380. The second-order valence-electron chi connectivity index (χ2n) is 1.27. The Balaban J connectivity index is -0.000000187. The maximum absolute atomic E-state index is 9.31. The summed E-state index contributed by atoms with van der Waals surface area (Å²) in [5.74, 6) is 0. The van der Waals surface area contributed by atoms with Gasteiger partial charge in [-0.05, 0) is 0 Å². The Hall–Kier alpha value is 1.04. The molecule has 15 heteroatoms. The van der Waals surface area contributed by atoms with Crippen molar-refractivity contribution in [1.29, 1.82) is 0 Å². The number of hydrogen-bond acceptors (Lipinski definition) is 7. The average Bonchev–Trinajstić information content (AvgIpc) is 1.83. The summed E-state index contributed by atoms with van der Waals surface area (Å²) in [5, 5.41) is 0. The molecule has 3 N–H and O–H groups in total. The minimum absolute atomic E-state index is 0. The minimum atomic E-state index is -5.56. The van der Waals surface area contributed by atoms with Gasteiger partial charge in [-0.3, -0.25) is 13.7 Å². The molecule has 0 radical (unpaired) electrons. The zero-order valence-corrected chi connectivity index (χ0v) is 12.1. The monoisotopic (exact) mass is 314 g/mol. The Morgan fingerprint density at radius 2 is 1.07 bits per heavy atom. The van der Waals surface area contributed by atoms with Crippen molar-refractivity contribution in [2.75, 3.05) is 0 Å². The molecule has 0 amide bonds. The molecule has 0 aliphatic carbocycles. The normalized spacial score (nSPS) is 15.2. The Labute approximate surface area is 111 Å². The molecule has 0 aliphatic heterocycles. The van der Waals surface area contributed by atoms with Crippen LogP contribution in [-0.2, 0) is 38.5 Å². The van der Waals surface area contributed by atoms with E-state index in [-0.39, 0.29) is 29.6 Å². The van der Waals surface area contributed by atoms with E-state index in [0.29, 0.717) is 0 Å². The van der Waals surface area contributed by atoms with Crippen LogP contribution >= 0.6 is 0 Å². The molecular weight excluding hydrogens is 311 g/mol. The van der Waals surface area contributed by atoms with E-state index in [2.05, 4.69) is 0 Å². The Kier molecular flexibility index (Phi) is 11.6. The molecule has 2 atom stereocenters. The van der Waals surface area contributed by atoms with Gasteiger partial charge in [0.05, 0.1) is 0 Å². The molecule has 0 saturated heterocycles. The van der Waals surface area contributed by atoms with Gasteiger partial charge in [-0.1, -0.05) is 0 Å². The van der Waals surface area contributed by atoms with Crippen LogP contribution in [0.2, 0.25) is 0 Å². The van der Waals surface area contributed by atoms with E-state index in [1.54, 1.807) is 0 Å². The summed E-state index contributed by atoms with van der Waals surface area (Å²) in [5.41, 5.74) is 0. The van der Waals surface area contributed by atoms with Gasteiger partial charge in [-0.25, -0.2) is 16.8 Å². The van der Waals surface area contributed by atoms with Gasteiger partial charge in [-0.15, -0.1) is 0 Å². The van der Waals surface area contributed by atoms with Crippen molar-refractivity contribution >= 4 is 38.5 Å².